The molecule has 0 radical (unpaired) electrons. The lowest BCUT2D eigenvalue weighted by Gasteiger charge is -2.07. The quantitative estimate of drug-likeness (QED) is 0.424. The van der Waals surface area contributed by atoms with Gasteiger partial charge in [-0.1, -0.05) is 40.5 Å². The van der Waals surface area contributed by atoms with Crippen LogP contribution >= 0.6 is 23.2 Å². The SMILES string of the molecule is Clc1cnc(Oc2cccc(-c3onc4ccc(-c5nn[nH]n5)cc34)c2)c(Cl)c1. The number of halogens is 2. The van der Waals surface area contributed by atoms with Crippen LogP contribution in [-0.2, 0) is 0 Å². The summed E-state index contributed by atoms with van der Waals surface area (Å²) in [5.41, 5.74) is 2.28. The van der Waals surface area contributed by atoms with E-state index >= 15 is 0 Å². The van der Waals surface area contributed by atoms with E-state index < -0.39 is 0 Å². The molecule has 0 fully saturated rings. The fourth-order valence-corrected chi connectivity index (χ4v) is 3.28. The fourth-order valence-electron chi connectivity index (χ4n) is 2.86. The molecule has 0 unspecified atom stereocenters. The van der Waals surface area contributed by atoms with Gasteiger partial charge in [0.1, 0.15) is 16.3 Å². The summed E-state index contributed by atoms with van der Waals surface area (Å²) in [6.07, 6.45) is 1.47. The van der Waals surface area contributed by atoms with Crippen molar-refractivity contribution in [2.45, 2.75) is 0 Å². The van der Waals surface area contributed by atoms with Gasteiger partial charge < -0.3 is 9.26 Å². The number of pyridine rings is 1. The lowest BCUT2D eigenvalue weighted by Crippen LogP contribution is -1.89. The summed E-state index contributed by atoms with van der Waals surface area (Å²) >= 11 is 12.0. The molecule has 0 bridgehead atoms. The lowest BCUT2D eigenvalue weighted by molar-refractivity contribution is 0.439. The van der Waals surface area contributed by atoms with E-state index in [1.165, 1.54) is 6.20 Å². The van der Waals surface area contributed by atoms with Crippen molar-refractivity contribution >= 4 is 34.1 Å². The Bertz CT molecular complexity index is 1320. The van der Waals surface area contributed by atoms with Crippen LogP contribution in [0.1, 0.15) is 0 Å². The second-order valence-corrected chi connectivity index (χ2v) is 6.89. The molecule has 0 amide bonds. The highest BCUT2D eigenvalue weighted by molar-refractivity contribution is 6.35. The molecule has 0 aliphatic heterocycles. The Morgan fingerprint density at radius 2 is 1.93 bits per heavy atom. The van der Waals surface area contributed by atoms with Crippen LogP contribution in [0.3, 0.4) is 0 Å². The Labute approximate surface area is 173 Å². The van der Waals surface area contributed by atoms with Crippen molar-refractivity contribution in [2.75, 3.05) is 0 Å². The number of tetrazole rings is 1. The van der Waals surface area contributed by atoms with Gasteiger partial charge in [0.25, 0.3) is 0 Å². The molecule has 0 aliphatic rings. The Balaban J connectivity index is 1.53. The van der Waals surface area contributed by atoms with Crippen LogP contribution in [0.25, 0.3) is 33.6 Å². The highest BCUT2D eigenvalue weighted by Gasteiger charge is 2.15. The largest absolute Gasteiger partial charge is 0.438 e. The summed E-state index contributed by atoms with van der Waals surface area (Å²) in [6, 6.07) is 14.5. The number of H-pyrrole nitrogens is 1. The molecule has 0 saturated carbocycles. The summed E-state index contributed by atoms with van der Waals surface area (Å²) in [7, 11) is 0. The third-order valence-electron chi connectivity index (χ3n) is 4.16. The molecular weight excluding hydrogens is 415 g/mol. The maximum atomic E-state index is 6.14. The van der Waals surface area contributed by atoms with Crippen LogP contribution in [0.5, 0.6) is 11.6 Å². The number of fused-ring (bicyclic) bond motifs is 1. The lowest BCUT2D eigenvalue weighted by atomic mass is 10.1. The second-order valence-electron chi connectivity index (χ2n) is 6.05. The van der Waals surface area contributed by atoms with E-state index in [9.17, 15) is 0 Å². The summed E-state index contributed by atoms with van der Waals surface area (Å²) in [5.74, 6) is 1.87. The molecule has 0 atom stereocenters. The predicted molar refractivity (Wildman–Crippen MR) is 107 cm³/mol. The Morgan fingerprint density at radius 3 is 2.76 bits per heavy atom. The third-order valence-corrected chi connectivity index (χ3v) is 4.64. The van der Waals surface area contributed by atoms with Crippen molar-refractivity contribution in [3.05, 3.63) is 64.8 Å². The zero-order valence-electron chi connectivity index (χ0n) is 14.5. The summed E-state index contributed by atoms with van der Waals surface area (Å²) in [5, 5.41) is 19.7. The number of nitrogens with zero attached hydrogens (tertiary/aromatic N) is 5. The highest BCUT2D eigenvalue weighted by atomic mass is 35.5. The van der Waals surface area contributed by atoms with Gasteiger partial charge in [-0.15, -0.1) is 10.2 Å². The van der Waals surface area contributed by atoms with Gasteiger partial charge in [-0.2, -0.15) is 5.21 Å². The van der Waals surface area contributed by atoms with Gasteiger partial charge in [-0.3, -0.25) is 0 Å². The highest BCUT2D eigenvalue weighted by Crippen LogP contribution is 2.35. The molecule has 10 heteroatoms. The molecule has 3 heterocycles. The van der Waals surface area contributed by atoms with Crippen molar-refractivity contribution in [1.82, 2.24) is 30.8 Å². The minimum absolute atomic E-state index is 0.259. The van der Waals surface area contributed by atoms with Crippen LogP contribution in [0.2, 0.25) is 10.0 Å². The second kappa shape index (κ2) is 7.16. The molecule has 142 valence electrons. The number of hydrogen-bond acceptors (Lipinski definition) is 7. The minimum Gasteiger partial charge on any atom is -0.438 e. The van der Waals surface area contributed by atoms with Gasteiger partial charge in [-0.05, 0) is 41.6 Å². The zero-order chi connectivity index (χ0) is 19.8. The molecular formula is C19H10Cl2N6O2. The van der Waals surface area contributed by atoms with Crippen molar-refractivity contribution in [3.8, 4) is 34.3 Å². The maximum Gasteiger partial charge on any atom is 0.238 e. The molecule has 2 aromatic carbocycles. The van der Waals surface area contributed by atoms with E-state index in [1.807, 2.05) is 36.4 Å². The first kappa shape index (κ1) is 17.6. The number of hydrogen-bond donors (Lipinski definition) is 1. The van der Waals surface area contributed by atoms with Crippen molar-refractivity contribution in [1.29, 1.82) is 0 Å². The first-order chi connectivity index (χ1) is 14.2. The number of rotatable bonds is 4. The van der Waals surface area contributed by atoms with Crippen LogP contribution in [0, 0.1) is 0 Å². The van der Waals surface area contributed by atoms with E-state index in [0.29, 0.717) is 32.9 Å². The van der Waals surface area contributed by atoms with E-state index in [2.05, 4.69) is 30.8 Å². The number of ether oxygens (including phenoxy) is 1. The molecule has 5 aromatic rings. The van der Waals surface area contributed by atoms with Crippen LogP contribution in [0.4, 0.5) is 0 Å². The minimum atomic E-state index is 0.259. The van der Waals surface area contributed by atoms with Crippen molar-refractivity contribution < 1.29 is 9.26 Å². The van der Waals surface area contributed by atoms with E-state index in [0.717, 1.165) is 16.5 Å². The topological polar surface area (TPSA) is 103 Å². The molecule has 0 aliphatic carbocycles. The third kappa shape index (κ3) is 3.39. The fraction of sp³-hybridized carbons (Fsp3) is 0. The van der Waals surface area contributed by atoms with Gasteiger partial charge in [-0.25, -0.2) is 4.98 Å². The van der Waals surface area contributed by atoms with Gasteiger partial charge in [0.15, 0.2) is 5.76 Å². The average Bonchev–Trinajstić information content (AvgIpc) is 3.40. The summed E-state index contributed by atoms with van der Waals surface area (Å²) < 4.78 is 11.4. The van der Waals surface area contributed by atoms with Crippen LogP contribution < -0.4 is 4.74 Å². The monoisotopic (exact) mass is 424 g/mol. The molecule has 29 heavy (non-hydrogen) atoms. The smallest absolute Gasteiger partial charge is 0.238 e. The Morgan fingerprint density at radius 1 is 1.00 bits per heavy atom. The number of nitrogens with one attached hydrogen (secondary N) is 1. The van der Waals surface area contributed by atoms with E-state index in [4.69, 9.17) is 32.5 Å². The van der Waals surface area contributed by atoms with Gasteiger partial charge >= 0.3 is 0 Å². The molecule has 0 spiro atoms. The molecule has 1 N–H and O–H groups in total. The Kier molecular flexibility index (Phi) is 4.34. The maximum absolute atomic E-state index is 6.14. The summed E-state index contributed by atoms with van der Waals surface area (Å²) in [6.45, 7) is 0. The average molecular weight is 425 g/mol. The first-order valence-corrected chi connectivity index (χ1v) is 9.15. The normalized spacial score (nSPS) is 11.1. The summed E-state index contributed by atoms with van der Waals surface area (Å²) in [4.78, 5) is 4.11. The van der Waals surface area contributed by atoms with Gasteiger partial charge in [0.2, 0.25) is 11.7 Å². The number of aromatic nitrogens is 6. The number of aromatic amines is 1. The zero-order valence-corrected chi connectivity index (χ0v) is 16.0. The van der Waals surface area contributed by atoms with E-state index in [-0.39, 0.29) is 5.88 Å². The number of benzene rings is 2. The van der Waals surface area contributed by atoms with E-state index in [1.54, 1.807) is 12.1 Å². The molecule has 0 saturated heterocycles. The first-order valence-electron chi connectivity index (χ1n) is 8.40. The van der Waals surface area contributed by atoms with Crippen molar-refractivity contribution in [3.63, 3.8) is 0 Å². The molecule has 3 aromatic heterocycles. The standard InChI is InChI=1S/C19H10Cl2N6O2/c20-12-8-15(21)19(22-9-12)28-13-3-1-2-10(6-13)17-14-7-11(18-23-26-27-24-18)4-5-16(14)25-29-17/h1-9H,(H,23,24,26,27). The molecule has 8 nitrogen and oxygen atoms in total. The van der Waals surface area contributed by atoms with Crippen LogP contribution in [-0.4, -0.2) is 30.8 Å². The predicted octanol–water partition coefficient (Wildman–Crippen LogP) is 5.17. The van der Waals surface area contributed by atoms with Gasteiger partial charge in [0, 0.05) is 17.3 Å². The molecule has 5 rings (SSSR count). The van der Waals surface area contributed by atoms with Crippen LogP contribution in [0.15, 0.2) is 59.3 Å². The Hall–Kier alpha value is -3.49. The van der Waals surface area contributed by atoms with Gasteiger partial charge in [0.05, 0.1) is 10.4 Å². The van der Waals surface area contributed by atoms with Crippen molar-refractivity contribution in [2.24, 2.45) is 0 Å².